The van der Waals surface area contributed by atoms with Gasteiger partial charge in [0.1, 0.15) is 5.75 Å². The molecule has 1 aromatic rings. The van der Waals surface area contributed by atoms with E-state index >= 15 is 0 Å². The van der Waals surface area contributed by atoms with E-state index in [1.807, 2.05) is 19.2 Å². The van der Waals surface area contributed by atoms with Crippen molar-refractivity contribution in [1.29, 1.82) is 0 Å². The van der Waals surface area contributed by atoms with Crippen molar-refractivity contribution >= 4 is 0 Å². The van der Waals surface area contributed by atoms with Crippen molar-refractivity contribution in [2.45, 2.75) is 51.2 Å². The molecule has 2 rings (SSSR count). The van der Waals surface area contributed by atoms with E-state index in [0.29, 0.717) is 5.92 Å². The highest BCUT2D eigenvalue weighted by Crippen LogP contribution is 2.36. The van der Waals surface area contributed by atoms with Gasteiger partial charge in [0.15, 0.2) is 0 Å². The fraction of sp³-hybridized carbons (Fsp3) is 0.667. The first-order valence-electron chi connectivity index (χ1n) is 8.20. The third-order valence-corrected chi connectivity index (χ3v) is 4.61. The fourth-order valence-corrected chi connectivity index (χ4v) is 3.61. The molecule has 2 atom stereocenters. The van der Waals surface area contributed by atoms with Crippen LogP contribution in [0, 0.1) is 5.92 Å². The average Bonchev–Trinajstić information content (AvgIpc) is 2.55. The van der Waals surface area contributed by atoms with Crippen LogP contribution in [-0.2, 0) is 4.74 Å². The summed E-state index contributed by atoms with van der Waals surface area (Å²) in [5.74, 6) is 1.58. The normalized spacial score (nSPS) is 19.2. The number of rotatable bonds is 7. The molecule has 0 spiro atoms. The van der Waals surface area contributed by atoms with Gasteiger partial charge in [-0.1, -0.05) is 44.4 Å². The smallest absolute Gasteiger partial charge is 0.123 e. The fourth-order valence-electron chi connectivity index (χ4n) is 3.61. The lowest BCUT2D eigenvalue weighted by atomic mass is 9.80. The van der Waals surface area contributed by atoms with Crippen LogP contribution in [0.4, 0.5) is 0 Å². The molecular formula is C18H29NO2. The number of hydrogen-bond donors (Lipinski definition) is 1. The first-order chi connectivity index (χ1) is 10.3. The van der Waals surface area contributed by atoms with Crippen LogP contribution in [0.2, 0.25) is 0 Å². The highest BCUT2D eigenvalue weighted by atomic mass is 16.5. The zero-order chi connectivity index (χ0) is 15.1. The Hall–Kier alpha value is -1.06. The van der Waals surface area contributed by atoms with E-state index in [-0.39, 0.29) is 12.1 Å². The molecule has 118 valence electrons. The van der Waals surface area contributed by atoms with Crippen LogP contribution in [0.15, 0.2) is 24.3 Å². The molecule has 2 unspecified atom stereocenters. The molecule has 1 N–H and O–H groups in total. The molecule has 1 fully saturated rings. The highest BCUT2D eigenvalue weighted by molar-refractivity contribution is 5.36. The van der Waals surface area contributed by atoms with Gasteiger partial charge < -0.3 is 14.8 Å². The van der Waals surface area contributed by atoms with Gasteiger partial charge in [-0.15, -0.1) is 0 Å². The lowest BCUT2D eigenvalue weighted by Gasteiger charge is -2.36. The van der Waals surface area contributed by atoms with Crippen molar-refractivity contribution < 1.29 is 9.47 Å². The van der Waals surface area contributed by atoms with Gasteiger partial charge in [-0.25, -0.2) is 0 Å². The van der Waals surface area contributed by atoms with Gasteiger partial charge in [0.05, 0.1) is 19.3 Å². The molecule has 3 heteroatoms. The second-order valence-corrected chi connectivity index (χ2v) is 5.88. The summed E-state index contributed by atoms with van der Waals surface area (Å²) in [5.41, 5.74) is 1.21. The zero-order valence-electron chi connectivity index (χ0n) is 13.6. The maximum absolute atomic E-state index is 5.94. The molecule has 1 aromatic carbocycles. The van der Waals surface area contributed by atoms with Crippen molar-refractivity contribution in [1.82, 2.24) is 5.32 Å². The number of benzene rings is 1. The monoisotopic (exact) mass is 291 g/mol. The molecule has 0 heterocycles. The second-order valence-electron chi connectivity index (χ2n) is 5.88. The molecule has 1 saturated carbocycles. The van der Waals surface area contributed by atoms with Crippen LogP contribution in [0.1, 0.15) is 50.6 Å². The zero-order valence-corrected chi connectivity index (χ0v) is 13.6. The Balaban J connectivity index is 2.26. The summed E-state index contributed by atoms with van der Waals surface area (Å²) < 4.78 is 11.5. The Morgan fingerprint density at radius 1 is 1.14 bits per heavy atom. The summed E-state index contributed by atoms with van der Waals surface area (Å²) in [7, 11) is 3.59. The standard InChI is InChI=1S/C18H29NO2/c1-4-19-17(15-12-8-9-13-16(15)20-2)18(21-3)14-10-6-5-7-11-14/h8-9,12-14,17-19H,4-7,10-11H2,1-3H3. The Bertz CT molecular complexity index is 415. The van der Waals surface area contributed by atoms with Crippen LogP contribution in [-0.4, -0.2) is 26.9 Å². The molecule has 1 aliphatic rings. The molecule has 21 heavy (non-hydrogen) atoms. The summed E-state index contributed by atoms with van der Waals surface area (Å²) in [6.45, 7) is 3.07. The summed E-state index contributed by atoms with van der Waals surface area (Å²) in [5, 5.41) is 3.62. The molecule has 0 aliphatic heterocycles. The molecular weight excluding hydrogens is 262 g/mol. The van der Waals surface area contributed by atoms with Crippen molar-refractivity contribution in [3.05, 3.63) is 29.8 Å². The summed E-state index contributed by atoms with van der Waals surface area (Å²) in [4.78, 5) is 0. The van der Waals surface area contributed by atoms with Gasteiger partial charge in [-0.3, -0.25) is 0 Å². The highest BCUT2D eigenvalue weighted by Gasteiger charge is 2.32. The molecule has 0 saturated heterocycles. The maximum atomic E-state index is 5.94. The minimum absolute atomic E-state index is 0.194. The van der Waals surface area contributed by atoms with Crippen LogP contribution in [0.5, 0.6) is 5.75 Å². The summed E-state index contributed by atoms with van der Waals surface area (Å²) >= 11 is 0. The van der Waals surface area contributed by atoms with Crippen molar-refractivity contribution in [3.63, 3.8) is 0 Å². The van der Waals surface area contributed by atoms with Crippen LogP contribution in [0.3, 0.4) is 0 Å². The van der Waals surface area contributed by atoms with E-state index in [1.165, 1.54) is 37.7 Å². The van der Waals surface area contributed by atoms with Gasteiger partial charge in [0.25, 0.3) is 0 Å². The van der Waals surface area contributed by atoms with E-state index in [0.717, 1.165) is 12.3 Å². The molecule has 0 aromatic heterocycles. The first kappa shape index (κ1) is 16.3. The molecule has 0 bridgehead atoms. The topological polar surface area (TPSA) is 30.5 Å². The quantitative estimate of drug-likeness (QED) is 0.825. The number of methoxy groups -OCH3 is 2. The molecule has 0 radical (unpaired) electrons. The van der Waals surface area contributed by atoms with E-state index in [9.17, 15) is 0 Å². The minimum atomic E-state index is 0.194. The number of hydrogen-bond acceptors (Lipinski definition) is 3. The largest absolute Gasteiger partial charge is 0.496 e. The molecule has 1 aliphatic carbocycles. The van der Waals surface area contributed by atoms with Crippen molar-refractivity contribution in [2.75, 3.05) is 20.8 Å². The average molecular weight is 291 g/mol. The van der Waals surface area contributed by atoms with E-state index < -0.39 is 0 Å². The lowest BCUT2D eigenvalue weighted by molar-refractivity contribution is 0.00738. The van der Waals surface area contributed by atoms with Gasteiger partial charge in [-0.05, 0) is 31.4 Å². The van der Waals surface area contributed by atoms with Crippen LogP contribution >= 0.6 is 0 Å². The number of para-hydroxylation sites is 1. The molecule has 0 amide bonds. The summed E-state index contributed by atoms with van der Waals surface area (Å²) in [6.07, 6.45) is 6.78. The Morgan fingerprint density at radius 2 is 1.86 bits per heavy atom. The second kappa shape index (κ2) is 8.40. The number of likely N-dealkylation sites (N-methyl/N-ethyl adjacent to an activating group) is 1. The molecule has 3 nitrogen and oxygen atoms in total. The number of nitrogens with one attached hydrogen (secondary N) is 1. The van der Waals surface area contributed by atoms with E-state index in [1.54, 1.807) is 7.11 Å². The van der Waals surface area contributed by atoms with Gasteiger partial charge in [0.2, 0.25) is 0 Å². The number of ether oxygens (including phenoxy) is 2. The van der Waals surface area contributed by atoms with Gasteiger partial charge >= 0.3 is 0 Å². The van der Waals surface area contributed by atoms with Crippen LogP contribution < -0.4 is 10.1 Å². The maximum Gasteiger partial charge on any atom is 0.123 e. The first-order valence-corrected chi connectivity index (χ1v) is 8.20. The lowest BCUT2D eigenvalue weighted by Crippen LogP contribution is -2.39. The predicted octanol–water partition coefficient (Wildman–Crippen LogP) is 3.94. The third kappa shape index (κ3) is 3.98. The minimum Gasteiger partial charge on any atom is -0.496 e. The van der Waals surface area contributed by atoms with Gasteiger partial charge in [-0.2, -0.15) is 0 Å². The SMILES string of the molecule is CCNC(c1ccccc1OC)C(OC)C1CCCCC1. The Kier molecular flexibility index (Phi) is 6.52. The van der Waals surface area contributed by atoms with Crippen molar-refractivity contribution in [2.24, 2.45) is 5.92 Å². The van der Waals surface area contributed by atoms with Gasteiger partial charge in [0, 0.05) is 12.7 Å². The Labute approximate surface area is 129 Å². The van der Waals surface area contributed by atoms with Crippen LogP contribution in [0.25, 0.3) is 0 Å². The van der Waals surface area contributed by atoms with Crippen molar-refractivity contribution in [3.8, 4) is 5.75 Å². The third-order valence-electron chi connectivity index (χ3n) is 4.61. The Morgan fingerprint density at radius 3 is 2.48 bits per heavy atom. The predicted molar refractivity (Wildman–Crippen MR) is 86.8 cm³/mol. The summed E-state index contributed by atoms with van der Waals surface area (Å²) in [6, 6.07) is 8.48. The van der Waals surface area contributed by atoms with E-state index in [4.69, 9.17) is 9.47 Å². The van der Waals surface area contributed by atoms with E-state index in [2.05, 4.69) is 24.4 Å².